The molecule has 7 heteroatoms. The van der Waals surface area contributed by atoms with Crippen LogP contribution in [-0.2, 0) is 16.1 Å². The van der Waals surface area contributed by atoms with Crippen molar-refractivity contribution in [2.75, 3.05) is 46.4 Å². The molecule has 1 aliphatic rings. The van der Waals surface area contributed by atoms with Crippen LogP contribution in [0.1, 0.15) is 25.3 Å². The van der Waals surface area contributed by atoms with E-state index in [0.29, 0.717) is 25.2 Å². The SMILES string of the molecule is CCNC(=NCC(=O)NCCOC)NCC1CCCN1Cc1ccccc1. The van der Waals surface area contributed by atoms with Crippen molar-refractivity contribution in [1.82, 2.24) is 20.9 Å². The first-order valence-electron chi connectivity index (χ1n) is 9.78. The molecule has 1 aromatic carbocycles. The number of carbonyl (C=O) groups excluding carboxylic acids is 1. The lowest BCUT2D eigenvalue weighted by molar-refractivity contribution is -0.119. The Morgan fingerprint density at radius 3 is 2.81 bits per heavy atom. The number of hydrogen-bond donors (Lipinski definition) is 3. The highest BCUT2D eigenvalue weighted by atomic mass is 16.5. The fourth-order valence-corrected chi connectivity index (χ4v) is 3.21. The molecule has 27 heavy (non-hydrogen) atoms. The minimum absolute atomic E-state index is 0.101. The topological polar surface area (TPSA) is 78.0 Å². The summed E-state index contributed by atoms with van der Waals surface area (Å²) >= 11 is 0. The van der Waals surface area contributed by atoms with Crippen molar-refractivity contribution in [3.63, 3.8) is 0 Å². The van der Waals surface area contributed by atoms with Gasteiger partial charge in [0.25, 0.3) is 0 Å². The van der Waals surface area contributed by atoms with Crippen LogP contribution in [0, 0.1) is 0 Å². The van der Waals surface area contributed by atoms with Gasteiger partial charge in [-0.15, -0.1) is 0 Å². The molecule has 0 aliphatic carbocycles. The van der Waals surface area contributed by atoms with Gasteiger partial charge in [-0.3, -0.25) is 9.69 Å². The first-order chi connectivity index (χ1) is 13.2. The molecule has 1 aromatic rings. The normalized spacial score (nSPS) is 17.7. The summed E-state index contributed by atoms with van der Waals surface area (Å²) in [4.78, 5) is 18.7. The minimum atomic E-state index is -0.101. The van der Waals surface area contributed by atoms with Gasteiger partial charge in [0.05, 0.1) is 6.61 Å². The molecule has 1 fully saturated rings. The van der Waals surface area contributed by atoms with Crippen LogP contribution in [0.15, 0.2) is 35.3 Å². The zero-order valence-corrected chi connectivity index (χ0v) is 16.5. The van der Waals surface area contributed by atoms with E-state index in [9.17, 15) is 4.79 Å². The highest BCUT2D eigenvalue weighted by molar-refractivity contribution is 5.84. The Hall–Kier alpha value is -2.12. The van der Waals surface area contributed by atoms with E-state index in [0.717, 1.165) is 26.2 Å². The number of guanidine groups is 1. The second-order valence-electron chi connectivity index (χ2n) is 6.67. The number of likely N-dealkylation sites (tertiary alicyclic amines) is 1. The van der Waals surface area contributed by atoms with Gasteiger partial charge in [-0.1, -0.05) is 30.3 Å². The molecule has 150 valence electrons. The first kappa shape index (κ1) is 21.2. The number of hydrogen-bond acceptors (Lipinski definition) is 4. The van der Waals surface area contributed by atoms with Gasteiger partial charge in [-0.05, 0) is 31.9 Å². The second-order valence-corrected chi connectivity index (χ2v) is 6.67. The molecule has 0 saturated carbocycles. The lowest BCUT2D eigenvalue weighted by atomic mass is 10.2. The summed E-state index contributed by atoms with van der Waals surface area (Å²) in [6, 6.07) is 11.1. The molecule has 2 rings (SSSR count). The van der Waals surface area contributed by atoms with Crippen molar-refractivity contribution in [3.8, 4) is 0 Å². The fourth-order valence-electron chi connectivity index (χ4n) is 3.21. The van der Waals surface area contributed by atoms with Crippen LogP contribution in [0.2, 0.25) is 0 Å². The molecular formula is C20H33N5O2. The molecule has 1 heterocycles. The van der Waals surface area contributed by atoms with Crippen molar-refractivity contribution in [1.29, 1.82) is 0 Å². The summed E-state index contributed by atoms with van der Waals surface area (Å²) in [6.45, 7) is 6.82. The maximum atomic E-state index is 11.8. The van der Waals surface area contributed by atoms with Crippen LogP contribution in [0.5, 0.6) is 0 Å². The Labute approximate surface area is 162 Å². The third kappa shape index (κ3) is 7.97. The van der Waals surface area contributed by atoms with E-state index in [1.54, 1.807) is 7.11 Å². The van der Waals surface area contributed by atoms with Gasteiger partial charge in [0, 0.05) is 39.3 Å². The summed E-state index contributed by atoms with van der Waals surface area (Å²) < 4.78 is 4.92. The minimum Gasteiger partial charge on any atom is -0.383 e. The van der Waals surface area contributed by atoms with Gasteiger partial charge in [-0.25, -0.2) is 4.99 Å². The number of nitrogens with zero attached hydrogens (tertiary/aromatic N) is 2. The molecule has 3 N–H and O–H groups in total. The van der Waals surface area contributed by atoms with Crippen molar-refractivity contribution < 1.29 is 9.53 Å². The zero-order valence-electron chi connectivity index (χ0n) is 16.5. The largest absolute Gasteiger partial charge is 0.383 e. The summed E-state index contributed by atoms with van der Waals surface area (Å²) in [7, 11) is 1.61. The van der Waals surface area contributed by atoms with Crippen LogP contribution >= 0.6 is 0 Å². The Kier molecular flexibility index (Phi) is 9.65. The molecule has 1 atom stereocenters. The van der Waals surface area contributed by atoms with Gasteiger partial charge in [-0.2, -0.15) is 0 Å². The number of ether oxygens (including phenoxy) is 1. The third-order valence-electron chi connectivity index (χ3n) is 4.59. The Morgan fingerprint density at radius 1 is 1.26 bits per heavy atom. The van der Waals surface area contributed by atoms with Gasteiger partial charge >= 0.3 is 0 Å². The monoisotopic (exact) mass is 375 g/mol. The van der Waals surface area contributed by atoms with E-state index in [-0.39, 0.29) is 12.5 Å². The predicted octanol–water partition coefficient (Wildman–Crippen LogP) is 0.969. The van der Waals surface area contributed by atoms with Crippen LogP contribution in [0.4, 0.5) is 0 Å². The first-order valence-corrected chi connectivity index (χ1v) is 9.78. The molecule has 0 bridgehead atoms. The van der Waals surface area contributed by atoms with Gasteiger partial charge in [0.1, 0.15) is 6.54 Å². The third-order valence-corrected chi connectivity index (χ3v) is 4.59. The van der Waals surface area contributed by atoms with Crippen molar-refractivity contribution in [2.45, 2.75) is 32.4 Å². The molecule has 0 radical (unpaired) electrons. The van der Waals surface area contributed by atoms with E-state index in [1.165, 1.54) is 18.4 Å². The Balaban J connectivity index is 1.81. The molecule has 0 aromatic heterocycles. The van der Waals surface area contributed by atoms with Crippen molar-refractivity contribution >= 4 is 11.9 Å². The molecule has 7 nitrogen and oxygen atoms in total. The lowest BCUT2D eigenvalue weighted by Crippen LogP contribution is -2.45. The standard InChI is InChI=1S/C20H33N5O2/c1-3-21-20(24-15-19(26)22-11-13-27-2)23-14-18-10-7-12-25(18)16-17-8-5-4-6-9-17/h4-6,8-9,18H,3,7,10-16H2,1-2H3,(H,22,26)(H2,21,23,24). The maximum Gasteiger partial charge on any atom is 0.241 e. The Morgan fingerprint density at radius 2 is 2.07 bits per heavy atom. The van der Waals surface area contributed by atoms with Crippen LogP contribution in [-0.4, -0.2) is 69.2 Å². The number of amides is 1. The smallest absolute Gasteiger partial charge is 0.241 e. The van der Waals surface area contributed by atoms with Gasteiger partial charge < -0.3 is 20.7 Å². The highest BCUT2D eigenvalue weighted by Gasteiger charge is 2.24. The van der Waals surface area contributed by atoms with Gasteiger partial charge in [0.15, 0.2) is 5.96 Å². The van der Waals surface area contributed by atoms with E-state index in [2.05, 4.69) is 56.2 Å². The average molecular weight is 376 g/mol. The number of methoxy groups -OCH3 is 1. The van der Waals surface area contributed by atoms with Crippen molar-refractivity contribution in [3.05, 3.63) is 35.9 Å². The highest BCUT2D eigenvalue weighted by Crippen LogP contribution is 2.19. The summed E-state index contributed by atoms with van der Waals surface area (Å²) in [5.74, 6) is 0.585. The van der Waals surface area contributed by atoms with Gasteiger partial charge in [0.2, 0.25) is 5.91 Å². The van der Waals surface area contributed by atoms with Crippen LogP contribution < -0.4 is 16.0 Å². The number of nitrogens with one attached hydrogen (secondary N) is 3. The van der Waals surface area contributed by atoms with Crippen molar-refractivity contribution in [2.24, 2.45) is 4.99 Å². The Bertz CT molecular complexity index is 579. The molecular weight excluding hydrogens is 342 g/mol. The van der Waals surface area contributed by atoms with E-state index in [4.69, 9.17) is 4.74 Å². The molecule has 1 aliphatic heterocycles. The average Bonchev–Trinajstić information content (AvgIpc) is 3.12. The summed E-state index contributed by atoms with van der Waals surface area (Å²) in [6.07, 6.45) is 2.39. The second kappa shape index (κ2) is 12.3. The molecule has 0 spiro atoms. The maximum absolute atomic E-state index is 11.8. The number of rotatable bonds is 10. The molecule has 1 amide bonds. The number of benzene rings is 1. The van der Waals surface area contributed by atoms with E-state index >= 15 is 0 Å². The van der Waals surface area contributed by atoms with E-state index < -0.39 is 0 Å². The lowest BCUT2D eigenvalue weighted by Gasteiger charge is -2.25. The number of aliphatic imine (C=N–C) groups is 1. The summed E-state index contributed by atoms with van der Waals surface area (Å²) in [5, 5.41) is 9.38. The zero-order chi connectivity index (χ0) is 19.3. The van der Waals surface area contributed by atoms with Crippen LogP contribution in [0.3, 0.4) is 0 Å². The fraction of sp³-hybridized carbons (Fsp3) is 0.600. The summed E-state index contributed by atoms with van der Waals surface area (Å²) in [5.41, 5.74) is 1.35. The van der Waals surface area contributed by atoms with Crippen LogP contribution in [0.25, 0.3) is 0 Å². The number of carbonyl (C=O) groups is 1. The molecule has 1 unspecified atom stereocenters. The quantitative estimate of drug-likeness (QED) is 0.323. The predicted molar refractivity (Wildman–Crippen MR) is 109 cm³/mol. The molecule has 1 saturated heterocycles. The van der Waals surface area contributed by atoms with E-state index in [1.807, 2.05) is 6.92 Å².